The smallest absolute Gasteiger partial charge is 0.243 e. The highest BCUT2D eigenvalue weighted by Crippen LogP contribution is 2.29. The molecular weight excluding hydrogens is 382 g/mol. The number of aromatic nitrogens is 6. The Balaban J connectivity index is 1.58. The molecule has 0 unspecified atom stereocenters. The van der Waals surface area contributed by atoms with Crippen molar-refractivity contribution in [3.63, 3.8) is 0 Å². The number of sulfonamides is 1. The summed E-state index contributed by atoms with van der Waals surface area (Å²) in [6.07, 6.45) is 6.06. The summed E-state index contributed by atoms with van der Waals surface area (Å²) < 4.78 is 30.8. The van der Waals surface area contributed by atoms with Gasteiger partial charge in [0.2, 0.25) is 10.0 Å². The molecule has 0 bridgehead atoms. The van der Waals surface area contributed by atoms with E-state index in [1.807, 2.05) is 0 Å². The van der Waals surface area contributed by atoms with Crippen LogP contribution in [0.15, 0.2) is 47.9 Å². The highest BCUT2D eigenvalue weighted by atomic mass is 32.2. The third kappa shape index (κ3) is 3.45. The molecule has 0 saturated carbocycles. The van der Waals surface area contributed by atoms with Crippen LogP contribution < -0.4 is 0 Å². The number of Topliss-reactive ketones (excluding diaryl/α,β-unsaturated/α-hetero) is 1. The normalized spacial score (nSPS) is 17.8. The van der Waals surface area contributed by atoms with Crippen molar-refractivity contribution in [3.05, 3.63) is 48.5 Å². The van der Waals surface area contributed by atoms with Crippen LogP contribution in [0.25, 0.3) is 5.69 Å². The second-order valence-electron chi connectivity index (χ2n) is 6.69. The monoisotopic (exact) mass is 401 g/mol. The van der Waals surface area contributed by atoms with Crippen LogP contribution in [0.2, 0.25) is 0 Å². The Morgan fingerprint density at radius 3 is 2.89 bits per heavy atom. The molecule has 2 aromatic heterocycles. The number of ketones is 1. The zero-order valence-corrected chi connectivity index (χ0v) is 16.0. The van der Waals surface area contributed by atoms with Crippen molar-refractivity contribution in [1.29, 1.82) is 0 Å². The van der Waals surface area contributed by atoms with Gasteiger partial charge in [0.05, 0.1) is 22.3 Å². The number of carbonyl (C=O) groups is 1. The summed E-state index contributed by atoms with van der Waals surface area (Å²) in [5, 5.41) is 14.9. The summed E-state index contributed by atoms with van der Waals surface area (Å²) in [6.45, 7) is 0.391. The van der Waals surface area contributed by atoms with Gasteiger partial charge in [-0.2, -0.15) is 9.40 Å². The molecule has 146 valence electrons. The predicted octanol–water partition coefficient (Wildman–Crippen LogP) is 0.822. The minimum atomic E-state index is -3.75. The van der Waals surface area contributed by atoms with E-state index in [0.29, 0.717) is 24.2 Å². The first kappa shape index (κ1) is 18.4. The molecule has 11 heteroatoms. The maximum Gasteiger partial charge on any atom is 0.243 e. The lowest BCUT2D eigenvalue weighted by Gasteiger charge is -2.23. The molecule has 1 fully saturated rings. The van der Waals surface area contributed by atoms with E-state index in [9.17, 15) is 13.2 Å². The maximum atomic E-state index is 13.2. The number of hydrogen-bond acceptors (Lipinski definition) is 7. The van der Waals surface area contributed by atoms with E-state index >= 15 is 0 Å². The molecule has 0 amide bonds. The van der Waals surface area contributed by atoms with Gasteiger partial charge in [-0.25, -0.2) is 13.1 Å². The highest BCUT2D eigenvalue weighted by molar-refractivity contribution is 7.89. The van der Waals surface area contributed by atoms with Gasteiger partial charge in [-0.3, -0.25) is 9.48 Å². The van der Waals surface area contributed by atoms with Gasteiger partial charge in [0.1, 0.15) is 6.33 Å². The molecule has 1 aliphatic rings. The van der Waals surface area contributed by atoms with Gasteiger partial charge in [0.15, 0.2) is 5.78 Å². The number of benzene rings is 1. The third-order valence-electron chi connectivity index (χ3n) is 4.81. The van der Waals surface area contributed by atoms with E-state index in [1.54, 1.807) is 36.1 Å². The van der Waals surface area contributed by atoms with Crippen molar-refractivity contribution in [3.8, 4) is 5.69 Å². The summed E-state index contributed by atoms with van der Waals surface area (Å²) in [5.74, 6) is -0.109. The Morgan fingerprint density at radius 2 is 2.18 bits per heavy atom. The number of tetrazole rings is 1. The van der Waals surface area contributed by atoms with E-state index < -0.39 is 10.0 Å². The average molecular weight is 401 g/mol. The fourth-order valence-corrected chi connectivity index (χ4v) is 5.16. The predicted molar refractivity (Wildman–Crippen MR) is 98.2 cm³/mol. The van der Waals surface area contributed by atoms with Crippen LogP contribution in [0.1, 0.15) is 29.6 Å². The number of carbonyl (C=O) groups excluding carboxylic acids is 1. The molecule has 3 heterocycles. The summed E-state index contributed by atoms with van der Waals surface area (Å²) in [5.41, 5.74) is 1.04. The minimum Gasteiger partial charge on any atom is -0.294 e. The van der Waals surface area contributed by atoms with Crippen molar-refractivity contribution in [2.24, 2.45) is 7.05 Å². The van der Waals surface area contributed by atoms with Crippen molar-refractivity contribution in [1.82, 2.24) is 34.3 Å². The first-order chi connectivity index (χ1) is 13.4. The van der Waals surface area contributed by atoms with Crippen molar-refractivity contribution < 1.29 is 13.2 Å². The molecule has 3 aromatic rings. The van der Waals surface area contributed by atoms with Crippen LogP contribution in [0.5, 0.6) is 0 Å². The van der Waals surface area contributed by atoms with E-state index in [2.05, 4.69) is 20.6 Å². The summed E-state index contributed by atoms with van der Waals surface area (Å²) in [6, 6.07) is 6.08. The molecule has 0 spiro atoms. The van der Waals surface area contributed by atoms with Gasteiger partial charge in [0, 0.05) is 32.3 Å². The van der Waals surface area contributed by atoms with E-state index in [0.717, 1.165) is 6.42 Å². The lowest BCUT2D eigenvalue weighted by atomic mass is 10.1. The first-order valence-electron chi connectivity index (χ1n) is 8.82. The lowest BCUT2D eigenvalue weighted by Crippen LogP contribution is -2.36. The molecule has 1 aromatic carbocycles. The zero-order chi connectivity index (χ0) is 19.7. The number of hydrogen-bond donors (Lipinski definition) is 0. The fourth-order valence-electron chi connectivity index (χ4n) is 3.43. The Bertz CT molecular complexity index is 1090. The van der Waals surface area contributed by atoms with Crippen LogP contribution in [-0.2, 0) is 17.1 Å². The van der Waals surface area contributed by atoms with Gasteiger partial charge >= 0.3 is 0 Å². The molecule has 10 nitrogen and oxygen atoms in total. The molecule has 1 aliphatic heterocycles. The van der Waals surface area contributed by atoms with Gasteiger partial charge in [-0.15, -0.1) is 5.10 Å². The topological polar surface area (TPSA) is 116 Å². The van der Waals surface area contributed by atoms with Crippen molar-refractivity contribution >= 4 is 15.8 Å². The number of nitrogens with zero attached hydrogens (tertiary/aromatic N) is 7. The number of rotatable bonds is 6. The fraction of sp³-hybridized carbons (Fsp3) is 0.353. The first-order valence-corrected chi connectivity index (χ1v) is 10.3. The van der Waals surface area contributed by atoms with Crippen LogP contribution in [0.4, 0.5) is 0 Å². The molecular formula is C17H19N7O3S. The Morgan fingerprint density at radius 1 is 1.32 bits per heavy atom. The quantitative estimate of drug-likeness (QED) is 0.562. The molecule has 1 saturated heterocycles. The van der Waals surface area contributed by atoms with E-state index in [1.165, 1.54) is 27.6 Å². The van der Waals surface area contributed by atoms with Gasteiger partial charge in [-0.05, 0) is 41.5 Å². The van der Waals surface area contributed by atoms with Gasteiger partial charge < -0.3 is 0 Å². The summed E-state index contributed by atoms with van der Waals surface area (Å²) >= 11 is 0. The van der Waals surface area contributed by atoms with Gasteiger partial charge in [-0.1, -0.05) is 6.07 Å². The molecule has 28 heavy (non-hydrogen) atoms. The lowest BCUT2D eigenvalue weighted by molar-refractivity contribution is 0.0961. The second-order valence-corrected chi connectivity index (χ2v) is 8.58. The van der Waals surface area contributed by atoms with Crippen LogP contribution in [0.3, 0.4) is 0 Å². The van der Waals surface area contributed by atoms with Crippen LogP contribution >= 0.6 is 0 Å². The molecule has 0 N–H and O–H groups in total. The molecule has 0 aliphatic carbocycles. The maximum absolute atomic E-state index is 13.2. The summed E-state index contributed by atoms with van der Waals surface area (Å²) in [4.78, 5) is 12.7. The standard InChI is InChI=1S/C17H19N7O3S/c1-22-11-13(10-19-22)17(25)9-15-5-3-7-24(15)28(26,27)16-6-2-4-14(8-16)23-12-18-20-21-23/h2,4,6,8,10-12,15H,3,5,7,9H2,1H3/t15-/m1/s1. The summed E-state index contributed by atoms with van der Waals surface area (Å²) in [7, 11) is -2.01. The SMILES string of the molecule is Cn1cc(C(=O)C[C@H]2CCCN2S(=O)(=O)c2cccc(-n3cnnn3)c2)cn1. The van der Waals surface area contributed by atoms with E-state index in [-0.39, 0.29) is 23.1 Å². The van der Waals surface area contributed by atoms with Crippen molar-refractivity contribution in [2.75, 3.05) is 6.54 Å². The minimum absolute atomic E-state index is 0.109. The molecule has 0 radical (unpaired) electrons. The van der Waals surface area contributed by atoms with Crippen molar-refractivity contribution in [2.45, 2.75) is 30.2 Å². The Labute approximate surface area is 161 Å². The van der Waals surface area contributed by atoms with Crippen LogP contribution in [-0.4, -0.2) is 61.1 Å². The second kappa shape index (κ2) is 7.24. The average Bonchev–Trinajstić information content (AvgIpc) is 3.43. The van der Waals surface area contributed by atoms with Gasteiger partial charge in [0.25, 0.3) is 0 Å². The molecule has 1 atom stereocenters. The Kier molecular flexibility index (Phi) is 4.77. The molecule has 4 rings (SSSR count). The number of aryl methyl sites for hydroxylation is 1. The van der Waals surface area contributed by atoms with Crippen LogP contribution in [0, 0.1) is 0 Å². The highest BCUT2D eigenvalue weighted by Gasteiger charge is 2.36. The zero-order valence-electron chi connectivity index (χ0n) is 15.2. The third-order valence-corrected chi connectivity index (χ3v) is 6.76. The largest absolute Gasteiger partial charge is 0.294 e. The van der Waals surface area contributed by atoms with E-state index in [4.69, 9.17) is 0 Å². The Hall–Kier alpha value is -2.92.